The van der Waals surface area contributed by atoms with Gasteiger partial charge in [-0.25, -0.2) is 0 Å². The Morgan fingerprint density at radius 2 is 2.05 bits per heavy atom. The minimum Gasteiger partial charge on any atom is -0.480 e. The summed E-state index contributed by atoms with van der Waals surface area (Å²) in [5.74, 6) is -1.06. The lowest BCUT2D eigenvalue weighted by molar-refractivity contribution is -0.138. The average Bonchev–Trinajstić information content (AvgIpc) is 2.27. The molecular formula is C12H19BN2O4. The maximum Gasteiger partial charge on any atom is 0.488 e. The van der Waals surface area contributed by atoms with Crippen LogP contribution in [-0.2, 0) is 17.8 Å². The second-order valence-corrected chi connectivity index (χ2v) is 4.79. The molecule has 0 saturated heterocycles. The Kier molecular flexibility index (Phi) is 5.50. The summed E-state index contributed by atoms with van der Waals surface area (Å²) >= 11 is 0. The van der Waals surface area contributed by atoms with E-state index in [1.54, 1.807) is 18.2 Å². The van der Waals surface area contributed by atoms with Gasteiger partial charge in [0.15, 0.2) is 0 Å². The Bertz CT molecular complexity index is 451. The summed E-state index contributed by atoms with van der Waals surface area (Å²) in [6, 6.07) is 4.05. The maximum absolute atomic E-state index is 10.7. The molecule has 0 bridgehead atoms. The highest BCUT2D eigenvalue weighted by Gasteiger charge is 2.18. The van der Waals surface area contributed by atoms with Gasteiger partial charge in [0.05, 0.1) is 0 Å². The SMILES string of the molecule is CN(C)Cc1cc(CC(N)C(=O)O)ccc1B(O)O. The van der Waals surface area contributed by atoms with Crippen molar-refractivity contribution in [3.63, 3.8) is 0 Å². The van der Waals surface area contributed by atoms with Crippen molar-refractivity contribution >= 4 is 18.6 Å². The van der Waals surface area contributed by atoms with E-state index in [0.29, 0.717) is 12.0 Å². The summed E-state index contributed by atoms with van der Waals surface area (Å²) in [5.41, 5.74) is 7.41. The van der Waals surface area contributed by atoms with E-state index in [1.165, 1.54) is 0 Å². The molecule has 0 aliphatic heterocycles. The molecule has 1 aromatic rings. The first kappa shape index (κ1) is 15.7. The largest absolute Gasteiger partial charge is 0.488 e. The summed E-state index contributed by atoms with van der Waals surface area (Å²) < 4.78 is 0. The minimum atomic E-state index is -1.54. The second kappa shape index (κ2) is 6.67. The summed E-state index contributed by atoms with van der Waals surface area (Å²) in [6.45, 7) is 0.531. The molecule has 6 nitrogen and oxygen atoms in total. The summed E-state index contributed by atoms with van der Waals surface area (Å²) in [6.07, 6.45) is 0.206. The molecule has 104 valence electrons. The van der Waals surface area contributed by atoms with Gasteiger partial charge in [-0.2, -0.15) is 0 Å². The number of aliphatic carboxylic acids is 1. The Labute approximate surface area is 112 Å². The van der Waals surface area contributed by atoms with Crippen LogP contribution in [-0.4, -0.2) is 53.3 Å². The zero-order valence-electron chi connectivity index (χ0n) is 11.1. The van der Waals surface area contributed by atoms with Crippen LogP contribution < -0.4 is 11.2 Å². The number of carboxylic acid groups (broad SMARTS) is 1. The van der Waals surface area contributed by atoms with E-state index >= 15 is 0 Å². The quantitative estimate of drug-likeness (QED) is 0.461. The van der Waals surface area contributed by atoms with Crippen molar-refractivity contribution < 1.29 is 19.9 Å². The third-order valence-electron chi connectivity index (χ3n) is 2.74. The van der Waals surface area contributed by atoms with Crippen molar-refractivity contribution in [2.45, 2.75) is 19.0 Å². The number of nitrogens with zero attached hydrogens (tertiary/aromatic N) is 1. The normalized spacial score (nSPS) is 12.5. The fourth-order valence-corrected chi connectivity index (χ4v) is 1.86. The summed E-state index contributed by atoms with van der Waals surface area (Å²) in [5, 5.41) is 27.4. The van der Waals surface area contributed by atoms with Gasteiger partial charge in [-0.3, -0.25) is 4.79 Å². The van der Waals surface area contributed by atoms with Crippen molar-refractivity contribution in [3.8, 4) is 0 Å². The highest BCUT2D eigenvalue weighted by atomic mass is 16.4. The first-order valence-electron chi connectivity index (χ1n) is 5.92. The third kappa shape index (κ3) is 4.64. The zero-order valence-corrected chi connectivity index (χ0v) is 11.1. The lowest BCUT2D eigenvalue weighted by Gasteiger charge is -2.16. The van der Waals surface area contributed by atoms with Gasteiger partial charge < -0.3 is 25.8 Å². The topological polar surface area (TPSA) is 107 Å². The number of benzene rings is 1. The lowest BCUT2D eigenvalue weighted by Crippen LogP contribution is -2.36. The van der Waals surface area contributed by atoms with E-state index in [0.717, 1.165) is 11.1 Å². The summed E-state index contributed by atoms with van der Waals surface area (Å²) in [7, 11) is 2.18. The van der Waals surface area contributed by atoms with Crippen molar-refractivity contribution in [3.05, 3.63) is 29.3 Å². The first-order chi connectivity index (χ1) is 8.81. The molecule has 1 unspecified atom stereocenters. The molecule has 19 heavy (non-hydrogen) atoms. The molecule has 0 heterocycles. The van der Waals surface area contributed by atoms with Gasteiger partial charge in [0.2, 0.25) is 0 Å². The molecule has 0 saturated carbocycles. The molecule has 1 atom stereocenters. The van der Waals surface area contributed by atoms with Crippen LogP contribution in [0, 0.1) is 0 Å². The van der Waals surface area contributed by atoms with Crippen molar-refractivity contribution in [2.24, 2.45) is 5.73 Å². The zero-order chi connectivity index (χ0) is 14.6. The third-order valence-corrected chi connectivity index (χ3v) is 2.74. The van der Waals surface area contributed by atoms with Gasteiger partial charge in [-0.05, 0) is 37.1 Å². The first-order valence-corrected chi connectivity index (χ1v) is 5.92. The number of hydrogen-bond acceptors (Lipinski definition) is 5. The van der Waals surface area contributed by atoms with Crippen LogP contribution in [0.3, 0.4) is 0 Å². The summed E-state index contributed by atoms with van der Waals surface area (Å²) in [4.78, 5) is 12.6. The Morgan fingerprint density at radius 3 is 2.53 bits per heavy atom. The number of carbonyl (C=O) groups is 1. The molecule has 0 aliphatic carbocycles. The van der Waals surface area contributed by atoms with Crippen LogP contribution in [0.15, 0.2) is 18.2 Å². The highest BCUT2D eigenvalue weighted by molar-refractivity contribution is 6.59. The Morgan fingerprint density at radius 1 is 1.42 bits per heavy atom. The number of nitrogens with two attached hydrogens (primary N) is 1. The van der Waals surface area contributed by atoms with Gasteiger partial charge in [0.25, 0.3) is 0 Å². The van der Waals surface area contributed by atoms with Gasteiger partial charge >= 0.3 is 13.1 Å². The van der Waals surface area contributed by atoms with Gasteiger partial charge in [-0.15, -0.1) is 0 Å². The Balaban J connectivity index is 3.00. The van der Waals surface area contributed by atoms with Gasteiger partial charge in [0.1, 0.15) is 6.04 Å². The van der Waals surface area contributed by atoms with E-state index in [1.807, 2.05) is 19.0 Å². The van der Waals surface area contributed by atoms with Crippen LogP contribution in [0.2, 0.25) is 0 Å². The second-order valence-electron chi connectivity index (χ2n) is 4.79. The van der Waals surface area contributed by atoms with Crippen molar-refractivity contribution in [1.82, 2.24) is 4.90 Å². The van der Waals surface area contributed by atoms with Crippen LogP contribution in [0.1, 0.15) is 11.1 Å². The molecule has 0 spiro atoms. The van der Waals surface area contributed by atoms with E-state index in [9.17, 15) is 14.8 Å². The molecule has 0 aromatic heterocycles. The number of rotatable bonds is 6. The molecule has 7 heteroatoms. The van der Waals surface area contributed by atoms with Gasteiger partial charge in [-0.1, -0.05) is 18.2 Å². The van der Waals surface area contributed by atoms with E-state index in [2.05, 4.69) is 0 Å². The van der Waals surface area contributed by atoms with E-state index in [-0.39, 0.29) is 6.42 Å². The fraction of sp³-hybridized carbons (Fsp3) is 0.417. The molecular weight excluding hydrogens is 247 g/mol. The molecule has 0 aliphatic rings. The van der Waals surface area contributed by atoms with Crippen molar-refractivity contribution in [2.75, 3.05) is 14.1 Å². The van der Waals surface area contributed by atoms with Crippen molar-refractivity contribution in [1.29, 1.82) is 0 Å². The van der Waals surface area contributed by atoms with E-state index < -0.39 is 19.1 Å². The van der Waals surface area contributed by atoms with Crippen LogP contribution >= 0.6 is 0 Å². The van der Waals surface area contributed by atoms with Gasteiger partial charge in [0, 0.05) is 6.54 Å². The molecule has 0 radical (unpaired) electrons. The standard InChI is InChI=1S/C12H19BN2O4/c1-15(2)7-9-5-8(6-11(14)12(16)17)3-4-10(9)13(18)19/h3-5,11,18-19H,6-7,14H2,1-2H3,(H,16,17). The Hall–Kier alpha value is -1.41. The van der Waals surface area contributed by atoms with Crippen LogP contribution in [0.5, 0.6) is 0 Å². The fourth-order valence-electron chi connectivity index (χ4n) is 1.86. The van der Waals surface area contributed by atoms with E-state index in [4.69, 9.17) is 10.8 Å². The predicted molar refractivity (Wildman–Crippen MR) is 73.0 cm³/mol. The smallest absolute Gasteiger partial charge is 0.480 e. The molecule has 1 aromatic carbocycles. The minimum absolute atomic E-state index is 0.206. The average molecular weight is 266 g/mol. The lowest BCUT2D eigenvalue weighted by atomic mass is 9.76. The number of hydrogen-bond donors (Lipinski definition) is 4. The molecule has 0 fully saturated rings. The highest BCUT2D eigenvalue weighted by Crippen LogP contribution is 2.08. The monoisotopic (exact) mass is 266 g/mol. The van der Waals surface area contributed by atoms with Crippen LogP contribution in [0.25, 0.3) is 0 Å². The molecule has 5 N–H and O–H groups in total. The molecule has 0 amide bonds. The van der Waals surface area contributed by atoms with Crippen LogP contribution in [0.4, 0.5) is 0 Å². The predicted octanol–water partition coefficient (Wildman–Crippen LogP) is -1.62. The maximum atomic E-state index is 10.7. The number of carboxylic acids is 1. The molecule has 1 rings (SSSR count).